The van der Waals surface area contributed by atoms with Gasteiger partial charge in [0.2, 0.25) is 5.91 Å². The SMILES string of the molecule is CCCC[N+]1(C)[C@@H]2C[C@@H](OC(=O)[C@H](CO)c3ccccc3)C[C@H]1[C@@H]1O[C@@H]12.NC(=O)C(CCN1CCCCCC1)(c1ccccc1)c1ccccc1.[Br-]. The van der Waals surface area contributed by atoms with E-state index in [4.69, 9.17) is 15.2 Å². The number of halogens is 1. The minimum Gasteiger partial charge on any atom is -1.00 e. The van der Waals surface area contributed by atoms with E-state index in [1.54, 1.807) is 0 Å². The van der Waals surface area contributed by atoms with Gasteiger partial charge in [0, 0.05) is 12.8 Å². The number of rotatable bonds is 13. The maximum absolute atomic E-state index is 12.8. The Morgan fingerprint density at radius 3 is 1.88 bits per heavy atom. The molecule has 1 amide bonds. The van der Waals surface area contributed by atoms with E-state index in [9.17, 15) is 14.7 Å². The maximum Gasteiger partial charge on any atom is 0.316 e. The number of hydrogen-bond acceptors (Lipinski definition) is 6. The van der Waals surface area contributed by atoms with Crippen LogP contribution in [0.3, 0.4) is 0 Å². The molecule has 4 fully saturated rings. The first-order valence-electron chi connectivity index (χ1n) is 19.3. The summed E-state index contributed by atoms with van der Waals surface area (Å²) in [7, 11) is 2.36. The number of piperidine rings is 1. The van der Waals surface area contributed by atoms with Crippen molar-refractivity contribution in [2.45, 2.75) is 106 Å². The van der Waals surface area contributed by atoms with Crippen molar-refractivity contribution in [1.82, 2.24) is 4.90 Å². The van der Waals surface area contributed by atoms with Crippen molar-refractivity contribution in [3.05, 3.63) is 108 Å². The second-order valence-corrected chi connectivity index (χ2v) is 15.3. The molecule has 0 spiro atoms. The third-order valence-corrected chi connectivity index (χ3v) is 12.2. The Labute approximate surface area is 321 Å². The highest BCUT2D eigenvalue weighted by Gasteiger charge is 2.71. The first-order chi connectivity index (χ1) is 24.8. The lowest BCUT2D eigenvalue weighted by Crippen LogP contribution is -3.00. The lowest BCUT2D eigenvalue weighted by atomic mass is 9.71. The number of aliphatic hydroxyl groups excluding tert-OH is 1. The minimum absolute atomic E-state index is 0. The molecule has 7 rings (SSSR count). The molecule has 4 saturated heterocycles. The molecule has 52 heavy (non-hydrogen) atoms. The van der Waals surface area contributed by atoms with Crippen molar-refractivity contribution in [3.63, 3.8) is 0 Å². The van der Waals surface area contributed by atoms with Crippen molar-refractivity contribution in [1.29, 1.82) is 0 Å². The van der Waals surface area contributed by atoms with Crippen LogP contribution in [0.15, 0.2) is 91.0 Å². The van der Waals surface area contributed by atoms with Crippen molar-refractivity contribution < 1.29 is 45.6 Å². The molecule has 1 unspecified atom stereocenters. The molecular weight excluding hydrogens is 718 g/mol. The van der Waals surface area contributed by atoms with E-state index in [0.717, 1.165) is 60.1 Å². The fourth-order valence-electron chi connectivity index (χ4n) is 9.23. The van der Waals surface area contributed by atoms with Gasteiger partial charge in [-0.15, -0.1) is 0 Å². The van der Waals surface area contributed by atoms with Gasteiger partial charge in [-0.2, -0.15) is 0 Å². The molecule has 3 aromatic carbocycles. The summed E-state index contributed by atoms with van der Waals surface area (Å²) in [6.45, 7) is 6.34. The van der Waals surface area contributed by atoms with Crippen LogP contribution in [0.1, 0.15) is 87.3 Å². The summed E-state index contributed by atoms with van der Waals surface area (Å²) in [5, 5.41) is 9.70. The standard InChI is InChI=1S/C22H28N2O.C21H30NO4.BrH/c23-21(25)22(19-11-5-3-6-12-19,20-13-7-4-8-14-20)15-18-24-16-9-1-2-10-17-24;1-3-4-10-22(2)17-11-15(12-18(22)20-19(17)26-20)25-21(24)16(13-23)14-8-6-5-7-9-14;/h3-8,11-14H,1-2,9-10,15-18H2,(H2,23,25);5-9,15-20,23H,3-4,10-13H2,1-2H3;1H/q;+1;/p-1/t;15-,16-,17-,18+,19-,20+,22?;/m.1./s1. The lowest BCUT2D eigenvalue weighted by Gasteiger charge is -2.48. The summed E-state index contributed by atoms with van der Waals surface area (Å²) in [5.41, 5.74) is 8.05. The number of aliphatic hydroxyl groups is 1. The van der Waals surface area contributed by atoms with Gasteiger partial charge in [-0.1, -0.05) is 117 Å². The van der Waals surface area contributed by atoms with Crippen LogP contribution in [-0.2, 0) is 24.5 Å². The molecule has 4 heterocycles. The van der Waals surface area contributed by atoms with Gasteiger partial charge >= 0.3 is 5.97 Å². The number of carbonyl (C=O) groups excluding carboxylic acids is 2. The summed E-state index contributed by atoms with van der Waals surface area (Å²) in [5.74, 6) is -1.16. The molecule has 4 aliphatic rings. The zero-order valence-corrected chi connectivity index (χ0v) is 32.5. The molecule has 2 bridgehead atoms. The molecule has 9 heteroatoms. The maximum atomic E-state index is 12.8. The number of likely N-dealkylation sites (tertiary alicyclic amines) is 1. The number of quaternary nitrogens is 1. The predicted molar refractivity (Wildman–Crippen MR) is 200 cm³/mol. The topological polar surface area (TPSA) is 105 Å². The van der Waals surface area contributed by atoms with Crippen LogP contribution < -0.4 is 22.7 Å². The Balaban J connectivity index is 0.000000197. The zero-order valence-electron chi connectivity index (χ0n) is 31.0. The Morgan fingerprint density at radius 1 is 0.885 bits per heavy atom. The van der Waals surface area contributed by atoms with E-state index in [1.165, 1.54) is 45.1 Å². The van der Waals surface area contributed by atoms with Crippen LogP contribution in [0.5, 0.6) is 0 Å². The second kappa shape index (κ2) is 18.3. The third kappa shape index (κ3) is 8.65. The number of hydrogen-bond donors (Lipinski definition) is 2. The third-order valence-electron chi connectivity index (χ3n) is 12.2. The molecule has 0 saturated carbocycles. The summed E-state index contributed by atoms with van der Waals surface area (Å²) >= 11 is 0. The smallest absolute Gasteiger partial charge is 0.316 e. The number of ether oxygens (including phenoxy) is 2. The van der Waals surface area contributed by atoms with Crippen LogP contribution >= 0.6 is 0 Å². The van der Waals surface area contributed by atoms with Gasteiger partial charge in [0.25, 0.3) is 0 Å². The molecule has 282 valence electrons. The average Bonchev–Trinajstić information content (AvgIpc) is 3.97. The van der Waals surface area contributed by atoms with E-state index in [-0.39, 0.29) is 41.6 Å². The number of esters is 1. The van der Waals surface area contributed by atoms with Gasteiger partial charge in [0.1, 0.15) is 36.3 Å². The van der Waals surface area contributed by atoms with E-state index in [0.29, 0.717) is 24.3 Å². The highest BCUT2D eigenvalue weighted by Crippen LogP contribution is 2.53. The normalized spacial score (nSPS) is 27.1. The number of unbranched alkanes of at least 4 members (excludes halogenated alkanes) is 1. The van der Waals surface area contributed by atoms with E-state index >= 15 is 0 Å². The van der Waals surface area contributed by atoms with Crippen molar-refractivity contribution >= 4 is 11.9 Å². The van der Waals surface area contributed by atoms with Gasteiger partial charge in [-0.3, -0.25) is 9.59 Å². The Kier molecular flexibility index (Phi) is 14.1. The Hall–Kier alpha value is -3.08. The van der Waals surface area contributed by atoms with E-state index in [2.05, 4.69) is 18.9 Å². The molecule has 8 nitrogen and oxygen atoms in total. The molecular formula is C43H58BrN3O5. The van der Waals surface area contributed by atoms with Gasteiger partial charge in [0.05, 0.1) is 25.6 Å². The van der Waals surface area contributed by atoms with Crippen molar-refractivity contribution in [2.24, 2.45) is 5.73 Å². The molecule has 7 atom stereocenters. The van der Waals surface area contributed by atoms with Crippen LogP contribution in [0.2, 0.25) is 0 Å². The molecule has 0 radical (unpaired) electrons. The molecule has 0 aliphatic carbocycles. The number of epoxide rings is 1. The van der Waals surface area contributed by atoms with Crippen LogP contribution in [0.4, 0.5) is 0 Å². The first kappa shape index (κ1) is 40.1. The number of primary amides is 1. The fraction of sp³-hybridized carbons (Fsp3) is 0.535. The fourth-order valence-corrected chi connectivity index (χ4v) is 9.23. The van der Waals surface area contributed by atoms with E-state index in [1.807, 2.05) is 91.0 Å². The second-order valence-electron chi connectivity index (χ2n) is 15.3. The number of carbonyl (C=O) groups is 2. The predicted octanol–water partition coefficient (Wildman–Crippen LogP) is 2.96. The van der Waals surface area contributed by atoms with Gasteiger partial charge in [-0.05, 0) is 62.0 Å². The summed E-state index contributed by atoms with van der Waals surface area (Å²) in [4.78, 5) is 27.9. The lowest BCUT2D eigenvalue weighted by molar-refractivity contribution is -0.956. The number of morpholine rings is 1. The Morgan fingerprint density at radius 2 is 1.40 bits per heavy atom. The highest BCUT2D eigenvalue weighted by molar-refractivity contribution is 5.90. The zero-order chi connectivity index (χ0) is 35.8. The first-order valence-corrected chi connectivity index (χ1v) is 19.3. The van der Waals surface area contributed by atoms with Crippen LogP contribution in [-0.4, -0.2) is 96.6 Å². The largest absolute Gasteiger partial charge is 1.00 e. The summed E-state index contributed by atoms with van der Waals surface area (Å²) in [6, 6.07) is 30.3. The van der Waals surface area contributed by atoms with E-state index < -0.39 is 11.3 Å². The van der Waals surface area contributed by atoms with Crippen molar-refractivity contribution in [3.8, 4) is 0 Å². The minimum atomic E-state index is -0.769. The van der Waals surface area contributed by atoms with Crippen LogP contribution in [0, 0.1) is 0 Å². The number of fused-ring (bicyclic) bond motifs is 5. The number of nitrogens with zero attached hydrogens (tertiary/aromatic N) is 2. The Bertz CT molecular complexity index is 1500. The number of likely N-dealkylation sites (N-methyl/N-ethyl adjacent to an activating group) is 1. The molecule has 4 aliphatic heterocycles. The summed E-state index contributed by atoms with van der Waals surface area (Å²) in [6.07, 6.45) is 10.7. The monoisotopic (exact) mass is 775 g/mol. The number of benzene rings is 3. The van der Waals surface area contributed by atoms with Gasteiger partial charge in [0.15, 0.2) is 0 Å². The quantitative estimate of drug-likeness (QED) is 0.157. The number of nitrogens with two attached hydrogens (primary N) is 1. The van der Waals surface area contributed by atoms with Crippen LogP contribution in [0.25, 0.3) is 0 Å². The number of amides is 1. The van der Waals surface area contributed by atoms with Crippen molar-refractivity contribution in [2.75, 3.05) is 39.8 Å². The highest BCUT2D eigenvalue weighted by atomic mass is 79.9. The van der Waals surface area contributed by atoms with Gasteiger partial charge in [-0.25, -0.2) is 0 Å². The molecule has 0 aromatic heterocycles. The summed E-state index contributed by atoms with van der Waals surface area (Å²) < 4.78 is 12.9. The average molecular weight is 777 g/mol. The van der Waals surface area contributed by atoms with Gasteiger partial charge < -0.3 is 46.7 Å². The molecule has 3 aromatic rings. The molecule has 3 N–H and O–H groups in total.